The molecule has 9 nitrogen and oxygen atoms in total. The first-order chi connectivity index (χ1) is 14.3. The van der Waals surface area contributed by atoms with Crippen molar-refractivity contribution < 1.29 is 18.0 Å². The zero-order valence-corrected chi connectivity index (χ0v) is 17.5. The summed E-state index contributed by atoms with van der Waals surface area (Å²) in [6.07, 6.45) is 4.68. The first-order valence-electron chi connectivity index (χ1n) is 9.01. The Morgan fingerprint density at radius 1 is 1.23 bits per heavy atom. The minimum atomic E-state index is -3.76. The highest BCUT2D eigenvalue weighted by Gasteiger charge is 2.31. The van der Waals surface area contributed by atoms with Crippen LogP contribution < -0.4 is 5.32 Å². The average Bonchev–Trinajstić information content (AvgIpc) is 3.15. The minimum Gasteiger partial charge on any atom is -0.296 e. The monoisotopic (exact) mass is 443 g/mol. The van der Waals surface area contributed by atoms with Gasteiger partial charge in [-0.3, -0.25) is 19.9 Å². The first-order valence-corrected chi connectivity index (χ1v) is 11.3. The summed E-state index contributed by atoms with van der Waals surface area (Å²) in [6.45, 7) is 1.81. The van der Waals surface area contributed by atoms with E-state index in [9.17, 15) is 18.0 Å². The van der Waals surface area contributed by atoms with Crippen molar-refractivity contribution in [2.75, 3.05) is 11.9 Å². The van der Waals surface area contributed by atoms with E-state index in [0.717, 1.165) is 10.6 Å². The maximum atomic E-state index is 13.1. The third kappa shape index (κ3) is 3.99. The van der Waals surface area contributed by atoms with Gasteiger partial charge in [-0.1, -0.05) is 12.1 Å². The van der Waals surface area contributed by atoms with E-state index in [1.165, 1.54) is 53.3 Å². The van der Waals surface area contributed by atoms with Crippen LogP contribution in [-0.4, -0.2) is 45.9 Å². The molecule has 1 aliphatic rings. The van der Waals surface area contributed by atoms with Crippen molar-refractivity contribution in [1.82, 2.24) is 19.3 Å². The van der Waals surface area contributed by atoms with E-state index in [0.29, 0.717) is 17.1 Å². The van der Waals surface area contributed by atoms with E-state index in [2.05, 4.69) is 20.3 Å². The summed E-state index contributed by atoms with van der Waals surface area (Å²) < 4.78 is 27.5. The van der Waals surface area contributed by atoms with E-state index >= 15 is 0 Å². The fraction of sp³-hybridized carbons (Fsp3) is 0.211. The molecule has 0 saturated heterocycles. The molecule has 0 aliphatic carbocycles. The number of carbonyl (C=O) groups excluding carboxylic acids is 2. The summed E-state index contributed by atoms with van der Waals surface area (Å²) in [6, 6.07) is 6.03. The van der Waals surface area contributed by atoms with Crippen molar-refractivity contribution in [1.29, 1.82) is 0 Å². The van der Waals surface area contributed by atoms with Gasteiger partial charge in [-0.15, -0.1) is 11.3 Å². The SMILES string of the molecule is CC(=O)c1cccc(S(=O)(=O)N2CCc3nc(NC(=O)c4cnccn4)sc3C2)c1. The second kappa shape index (κ2) is 8.01. The minimum absolute atomic E-state index is 0.0827. The van der Waals surface area contributed by atoms with Gasteiger partial charge in [0.2, 0.25) is 10.0 Å². The number of amides is 1. The highest BCUT2D eigenvalue weighted by molar-refractivity contribution is 7.89. The molecule has 30 heavy (non-hydrogen) atoms. The number of sulfonamides is 1. The highest BCUT2D eigenvalue weighted by atomic mass is 32.2. The number of hydrogen-bond donors (Lipinski definition) is 1. The van der Waals surface area contributed by atoms with Crippen LogP contribution in [0.2, 0.25) is 0 Å². The molecule has 0 radical (unpaired) electrons. The topological polar surface area (TPSA) is 122 Å². The van der Waals surface area contributed by atoms with Crippen LogP contribution in [0.25, 0.3) is 0 Å². The molecule has 0 unspecified atom stereocenters. The molecule has 1 aromatic carbocycles. The zero-order valence-electron chi connectivity index (χ0n) is 15.9. The third-order valence-electron chi connectivity index (χ3n) is 4.59. The Kier molecular flexibility index (Phi) is 5.41. The van der Waals surface area contributed by atoms with Crippen molar-refractivity contribution in [3.63, 3.8) is 0 Å². The van der Waals surface area contributed by atoms with Crippen LogP contribution in [0.5, 0.6) is 0 Å². The maximum Gasteiger partial charge on any atom is 0.277 e. The van der Waals surface area contributed by atoms with Crippen LogP contribution in [0.15, 0.2) is 47.8 Å². The number of nitrogens with zero attached hydrogens (tertiary/aromatic N) is 4. The van der Waals surface area contributed by atoms with Gasteiger partial charge in [0.25, 0.3) is 5.91 Å². The number of carbonyl (C=O) groups is 2. The molecule has 11 heteroatoms. The number of rotatable bonds is 5. The fourth-order valence-corrected chi connectivity index (χ4v) is 5.59. The van der Waals surface area contributed by atoms with E-state index in [1.807, 2.05) is 0 Å². The molecule has 0 saturated carbocycles. The number of thiazole rings is 1. The van der Waals surface area contributed by atoms with E-state index in [1.54, 1.807) is 12.1 Å². The van der Waals surface area contributed by atoms with Crippen molar-refractivity contribution in [2.45, 2.75) is 24.8 Å². The Morgan fingerprint density at radius 3 is 2.80 bits per heavy atom. The highest BCUT2D eigenvalue weighted by Crippen LogP contribution is 2.31. The number of benzene rings is 1. The van der Waals surface area contributed by atoms with Crippen LogP contribution in [0.4, 0.5) is 5.13 Å². The van der Waals surface area contributed by atoms with Gasteiger partial charge in [0.15, 0.2) is 10.9 Å². The molecule has 4 rings (SSSR count). The summed E-state index contributed by atoms with van der Waals surface area (Å²) in [5.41, 5.74) is 1.28. The number of Topliss-reactive ketones (excluding diaryl/α,β-unsaturated/α-hetero) is 1. The maximum absolute atomic E-state index is 13.1. The number of hydrogen-bond acceptors (Lipinski definition) is 8. The molecule has 0 bridgehead atoms. The number of aromatic nitrogens is 3. The molecule has 0 spiro atoms. The van der Waals surface area contributed by atoms with Gasteiger partial charge in [-0.2, -0.15) is 4.31 Å². The predicted octanol–water partition coefficient (Wildman–Crippen LogP) is 2.14. The molecule has 0 atom stereocenters. The lowest BCUT2D eigenvalue weighted by Gasteiger charge is -2.25. The molecular weight excluding hydrogens is 426 g/mol. The Labute approximate surface area is 176 Å². The van der Waals surface area contributed by atoms with Crippen LogP contribution in [0.3, 0.4) is 0 Å². The second-order valence-electron chi connectivity index (χ2n) is 6.61. The van der Waals surface area contributed by atoms with E-state index in [4.69, 9.17) is 0 Å². The second-order valence-corrected chi connectivity index (χ2v) is 9.63. The van der Waals surface area contributed by atoms with Gasteiger partial charge < -0.3 is 0 Å². The van der Waals surface area contributed by atoms with Crippen molar-refractivity contribution in [3.05, 3.63) is 64.7 Å². The summed E-state index contributed by atoms with van der Waals surface area (Å²) in [4.78, 5) is 36.9. The van der Waals surface area contributed by atoms with Crippen molar-refractivity contribution in [2.24, 2.45) is 0 Å². The van der Waals surface area contributed by atoms with Gasteiger partial charge >= 0.3 is 0 Å². The number of anilines is 1. The van der Waals surface area contributed by atoms with E-state index < -0.39 is 15.9 Å². The molecule has 1 amide bonds. The summed E-state index contributed by atoms with van der Waals surface area (Å²) >= 11 is 1.23. The van der Waals surface area contributed by atoms with Crippen LogP contribution in [-0.2, 0) is 23.0 Å². The Morgan fingerprint density at radius 2 is 2.07 bits per heavy atom. The lowest BCUT2D eigenvalue weighted by molar-refractivity contribution is 0.101. The Balaban J connectivity index is 1.53. The first kappa shape index (κ1) is 20.3. The zero-order chi connectivity index (χ0) is 21.3. The van der Waals surface area contributed by atoms with Crippen LogP contribution >= 0.6 is 11.3 Å². The molecule has 1 N–H and O–H groups in total. The summed E-state index contributed by atoms with van der Waals surface area (Å²) in [7, 11) is -3.76. The summed E-state index contributed by atoms with van der Waals surface area (Å²) in [5, 5.41) is 3.06. The molecule has 154 valence electrons. The van der Waals surface area contributed by atoms with Gasteiger partial charge in [-0.25, -0.2) is 18.4 Å². The molecule has 0 fully saturated rings. The van der Waals surface area contributed by atoms with Crippen molar-refractivity contribution in [3.8, 4) is 0 Å². The Hall–Kier alpha value is -3.02. The summed E-state index contributed by atoms with van der Waals surface area (Å²) in [5.74, 6) is -0.626. The van der Waals surface area contributed by atoms with Gasteiger partial charge in [0.1, 0.15) is 5.69 Å². The van der Waals surface area contributed by atoms with Crippen LogP contribution in [0, 0.1) is 0 Å². The predicted molar refractivity (Wildman–Crippen MR) is 110 cm³/mol. The molecular formula is C19H17N5O4S2. The quantitative estimate of drug-likeness (QED) is 0.599. The number of nitrogens with one attached hydrogen (secondary N) is 1. The molecule has 1 aliphatic heterocycles. The largest absolute Gasteiger partial charge is 0.296 e. The van der Waals surface area contributed by atoms with Crippen molar-refractivity contribution >= 4 is 38.2 Å². The normalized spacial score (nSPS) is 14.2. The lowest BCUT2D eigenvalue weighted by atomic mass is 10.2. The van der Waals surface area contributed by atoms with Gasteiger partial charge in [-0.05, 0) is 19.1 Å². The van der Waals surface area contributed by atoms with Gasteiger partial charge in [0, 0.05) is 35.8 Å². The molecule has 3 aromatic rings. The third-order valence-corrected chi connectivity index (χ3v) is 7.43. The standard InChI is InChI=1S/C19H17N5O4S2/c1-12(25)13-3-2-4-14(9-13)30(27,28)24-8-5-15-17(11-24)29-19(22-15)23-18(26)16-10-20-6-7-21-16/h2-4,6-7,9-10H,5,8,11H2,1H3,(H,22,23,26). The Bertz CT molecular complexity index is 1220. The lowest BCUT2D eigenvalue weighted by Crippen LogP contribution is -2.35. The van der Waals surface area contributed by atoms with E-state index in [-0.39, 0.29) is 29.5 Å². The average molecular weight is 444 g/mol. The number of fused-ring (bicyclic) bond motifs is 1. The molecule has 2 aromatic heterocycles. The smallest absolute Gasteiger partial charge is 0.277 e. The van der Waals surface area contributed by atoms with Crippen LogP contribution in [0.1, 0.15) is 38.3 Å². The fourth-order valence-electron chi connectivity index (χ4n) is 3.03. The molecule has 3 heterocycles. The van der Waals surface area contributed by atoms with Gasteiger partial charge in [0.05, 0.1) is 23.3 Å². The number of ketones is 1.